The first kappa shape index (κ1) is 17.1. The summed E-state index contributed by atoms with van der Waals surface area (Å²) in [6, 6.07) is 4.06. The summed E-state index contributed by atoms with van der Waals surface area (Å²) < 4.78 is 0. The number of thiophene rings is 1. The van der Waals surface area contributed by atoms with Crippen LogP contribution in [0.25, 0.3) is 0 Å². The van der Waals surface area contributed by atoms with E-state index in [-0.39, 0.29) is 18.1 Å². The van der Waals surface area contributed by atoms with Gasteiger partial charge in [0.1, 0.15) is 9.88 Å². The van der Waals surface area contributed by atoms with Gasteiger partial charge in [0.25, 0.3) is 5.91 Å². The Kier molecular flexibility index (Phi) is 5.17. The predicted octanol–water partition coefficient (Wildman–Crippen LogP) is 3.04. The van der Waals surface area contributed by atoms with Gasteiger partial charge in [0.05, 0.1) is 24.9 Å². The average molecular weight is 378 g/mol. The number of carbonyl (C=O) groups excluding carboxylic acids is 1. The maximum atomic E-state index is 12.7. The summed E-state index contributed by atoms with van der Waals surface area (Å²) in [5.41, 5.74) is 0. The number of aliphatic hydroxyl groups excluding tert-OH is 1. The van der Waals surface area contributed by atoms with Crippen molar-refractivity contribution < 1.29 is 9.90 Å². The van der Waals surface area contributed by atoms with Gasteiger partial charge in [-0.25, -0.2) is 4.98 Å². The lowest BCUT2D eigenvalue weighted by Gasteiger charge is -2.37. The van der Waals surface area contributed by atoms with Crippen LogP contribution in [0.1, 0.15) is 51.3 Å². The van der Waals surface area contributed by atoms with E-state index in [2.05, 4.69) is 21.3 Å². The highest BCUT2D eigenvalue weighted by Gasteiger charge is 2.36. The maximum Gasteiger partial charge on any atom is 0.263 e. The topological polar surface area (TPSA) is 65.5 Å². The molecule has 0 radical (unpaired) electrons. The third-order valence-electron chi connectivity index (χ3n) is 5.09. The van der Waals surface area contributed by atoms with Crippen molar-refractivity contribution in [3.63, 3.8) is 0 Å². The molecule has 1 saturated carbocycles. The number of amides is 1. The Morgan fingerprint density at radius 3 is 2.88 bits per heavy atom. The van der Waals surface area contributed by atoms with Gasteiger partial charge in [0.2, 0.25) is 0 Å². The Balaban J connectivity index is 1.41. The van der Waals surface area contributed by atoms with Crippen molar-refractivity contribution in [3.8, 4) is 0 Å². The van der Waals surface area contributed by atoms with Crippen LogP contribution in [0.15, 0.2) is 23.7 Å². The molecule has 0 spiro atoms. The molecule has 2 aromatic heterocycles. The van der Waals surface area contributed by atoms with Crippen LogP contribution < -0.4 is 5.32 Å². The van der Waals surface area contributed by atoms with E-state index >= 15 is 0 Å². The molecule has 2 fully saturated rings. The van der Waals surface area contributed by atoms with E-state index in [9.17, 15) is 9.90 Å². The Morgan fingerprint density at radius 2 is 2.20 bits per heavy atom. The summed E-state index contributed by atoms with van der Waals surface area (Å²) in [6.07, 6.45) is 5.51. The van der Waals surface area contributed by atoms with Gasteiger partial charge in [-0.05, 0) is 56.1 Å². The first-order chi connectivity index (χ1) is 12.2. The predicted molar refractivity (Wildman–Crippen MR) is 99.9 cm³/mol. The van der Waals surface area contributed by atoms with Crippen LogP contribution in [0, 0.1) is 5.92 Å². The second kappa shape index (κ2) is 7.53. The van der Waals surface area contributed by atoms with Crippen molar-refractivity contribution in [2.75, 3.05) is 13.1 Å². The van der Waals surface area contributed by atoms with Gasteiger partial charge in [0.15, 0.2) is 0 Å². The van der Waals surface area contributed by atoms with Crippen molar-refractivity contribution in [3.05, 3.63) is 38.5 Å². The standard InChI is InChI=1S/C18H23N3O2S2/c22-13-8-12(9-13)17(14-4-3-7-24-14)20-18(23)15-10-19-16(25-15)11-21-5-1-2-6-21/h3-4,7,10,12-13,17,22H,1-2,5-6,8-9,11H2,(H,20,23)/t12?,13?,17-/m0/s1. The number of hydrogen-bond donors (Lipinski definition) is 2. The van der Waals surface area contributed by atoms with Crippen LogP contribution >= 0.6 is 22.7 Å². The Labute approximate surface area is 155 Å². The molecule has 1 aliphatic heterocycles. The molecule has 7 heteroatoms. The number of nitrogens with zero attached hydrogens (tertiary/aromatic N) is 2. The molecule has 2 aliphatic rings. The van der Waals surface area contributed by atoms with Gasteiger partial charge in [-0.15, -0.1) is 22.7 Å². The molecule has 1 atom stereocenters. The number of carbonyl (C=O) groups is 1. The largest absolute Gasteiger partial charge is 0.393 e. The fourth-order valence-corrected chi connectivity index (χ4v) is 5.36. The number of thiazole rings is 1. The highest BCUT2D eigenvalue weighted by molar-refractivity contribution is 7.13. The Hall–Kier alpha value is -1.28. The summed E-state index contributed by atoms with van der Waals surface area (Å²) in [5.74, 6) is 0.263. The number of rotatable bonds is 6. The zero-order chi connectivity index (χ0) is 17.2. The molecule has 4 rings (SSSR count). The van der Waals surface area contributed by atoms with Crippen LogP contribution in [-0.2, 0) is 6.54 Å². The van der Waals surface area contributed by atoms with E-state index in [1.54, 1.807) is 17.5 Å². The van der Waals surface area contributed by atoms with Gasteiger partial charge < -0.3 is 10.4 Å². The summed E-state index contributed by atoms with van der Waals surface area (Å²) in [7, 11) is 0. The summed E-state index contributed by atoms with van der Waals surface area (Å²) >= 11 is 3.15. The highest BCUT2D eigenvalue weighted by Crippen LogP contribution is 2.39. The molecule has 1 aliphatic carbocycles. The van der Waals surface area contributed by atoms with Crippen LogP contribution in [0.4, 0.5) is 0 Å². The number of likely N-dealkylation sites (tertiary alicyclic amines) is 1. The second-order valence-electron chi connectivity index (χ2n) is 6.95. The van der Waals surface area contributed by atoms with Crippen LogP contribution in [0.2, 0.25) is 0 Å². The summed E-state index contributed by atoms with van der Waals surface area (Å²) in [5, 5.41) is 15.9. The van der Waals surface area contributed by atoms with Crippen molar-refractivity contribution in [2.45, 2.75) is 44.4 Å². The minimum atomic E-state index is -0.222. The average Bonchev–Trinajstić information content (AvgIpc) is 3.31. The Morgan fingerprint density at radius 1 is 1.40 bits per heavy atom. The van der Waals surface area contributed by atoms with Crippen molar-refractivity contribution in [1.29, 1.82) is 0 Å². The quantitative estimate of drug-likeness (QED) is 0.812. The number of hydrogen-bond acceptors (Lipinski definition) is 6. The number of aromatic nitrogens is 1. The van der Waals surface area contributed by atoms with Crippen LogP contribution in [0.3, 0.4) is 0 Å². The smallest absolute Gasteiger partial charge is 0.263 e. The lowest BCUT2D eigenvalue weighted by Crippen LogP contribution is -2.40. The van der Waals surface area contributed by atoms with Crippen LogP contribution in [-0.4, -0.2) is 40.1 Å². The lowest BCUT2D eigenvalue weighted by atomic mass is 9.77. The van der Waals surface area contributed by atoms with Gasteiger partial charge in [-0.1, -0.05) is 6.07 Å². The van der Waals surface area contributed by atoms with Crippen molar-refractivity contribution in [2.24, 2.45) is 5.92 Å². The van der Waals surface area contributed by atoms with Crippen molar-refractivity contribution in [1.82, 2.24) is 15.2 Å². The molecule has 0 aromatic carbocycles. The monoisotopic (exact) mass is 377 g/mol. The normalized spacial score (nSPS) is 24.8. The first-order valence-corrected chi connectivity index (χ1v) is 10.6. The molecule has 0 bridgehead atoms. The molecule has 25 heavy (non-hydrogen) atoms. The molecule has 3 heterocycles. The van der Waals surface area contributed by atoms with E-state index in [4.69, 9.17) is 0 Å². The fourth-order valence-electron chi connectivity index (χ4n) is 3.62. The van der Waals surface area contributed by atoms with E-state index in [1.807, 2.05) is 11.4 Å². The molecule has 2 aromatic rings. The molecule has 1 saturated heterocycles. The molecule has 134 valence electrons. The third-order valence-corrected chi connectivity index (χ3v) is 7.03. The van der Waals surface area contributed by atoms with E-state index < -0.39 is 0 Å². The third kappa shape index (κ3) is 3.95. The molecule has 1 amide bonds. The summed E-state index contributed by atoms with van der Waals surface area (Å²) in [4.78, 5) is 21.4. The van der Waals surface area contributed by atoms with Crippen LogP contribution in [0.5, 0.6) is 0 Å². The highest BCUT2D eigenvalue weighted by atomic mass is 32.1. The molecular formula is C18H23N3O2S2. The first-order valence-electron chi connectivity index (χ1n) is 8.88. The number of aliphatic hydroxyl groups is 1. The molecular weight excluding hydrogens is 354 g/mol. The lowest BCUT2D eigenvalue weighted by molar-refractivity contribution is 0.0241. The SMILES string of the molecule is O=C(N[C@H](c1cccs1)C1CC(O)C1)c1cnc(CN2CCCC2)s1. The van der Waals surface area contributed by atoms with Gasteiger partial charge in [0, 0.05) is 4.88 Å². The van der Waals surface area contributed by atoms with Gasteiger partial charge in [-0.3, -0.25) is 9.69 Å². The molecule has 2 N–H and O–H groups in total. The van der Waals surface area contributed by atoms with Crippen molar-refractivity contribution >= 4 is 28.6 Å². The van der Waals surface area contributed by atoms with E-state index in [0.717, 1.165) is 42.4 Å². The summed E-state index contributed by atoms with van der Waals surface area (Å²) in [6.45, 7) is 3.11. The minimum absolute atomic E-state index is 0.0139. The zero-order valence-electron chi connectivity index (χ0n) is 14.1. The molecule has 5 nitrogen and oxygen atoms in total. The van der Waals surface area contributed by atoms with E-state index in [1.165, 1.54) is 24.2 Å². The van der Waals surface area contributed by atoms with Gasteiger partial charge >= 0.3 is 0 Å². The minimum Gasteiger partial charge on any atom is -0.393 e. The maximum absolute atomic E-state index is 12.7. The number of nitrogens with one attached hydrogen (secondary N) is 1. The zero-order valence-corrected chi connectivity index (χ0v) is 15.7. The molecule has 0 unspecified atom stereocenters. The van der Waals surface area contributed by atoms with E-state index in [0.29, 0.717) is 10.8 Å². The van der Waals surface area contributed by atoms with Gasteiger partial charge in [-0.2, -0.15) is 0 Å². The Bertz CT molecular complexity index is 704. The second-order valence-corrected chi connectivity index (χ2v) is 9.05. The fraction of sp³-hybridized carbons (Fsp3) is 0.556.